The van der Waals surface area contributed by atoms with Crippen LogP contribution in [0.3, 0.4) is 0 Å². The lowest BCUT2D eigenvalue weighted by Gasteiger charge is -1.58. The molecule has 1 nitrogen and oxygen atoms in total. The average molecular weight is 992 g/mol. The smallest absolute Gasteiger partial charge is 0.0160 e. The van der Waals surface area contributed by atoms with Gasteiger partial charge in [-0.15, -0.1) is 0 Å². The lowest BCUT2D eigenvalue weighted by atomic mass is 10.4. The summed E-state index contributed by atoms with van der Waals surface area (Å²) in [6.07, 6.45) is 0. The summed E-state index contributed by atoms with van der Waals surface area (Å²) in [4.78, 5) is 0. The highest BCUT2D eigenvalue weighted by molar-refractivity contribution is 5.54. The van der Waals surface area contributed by atoms with Crippen molar-refractivity contribution in [3.8, 4) is 474 Å². The Morgan fingerprint density at radius 2 is 0.159 bits per heavy atom. The second-order valence-electron chi connectivity index (χ2n) is 10.1. The van der Waals surface area contributed by atoms with Crippen molar-refractivity contribution < 1.29 is 0 Å². The lowest BCUT2D eigenvalue weighted by Crippen LogP contribution is -1.73. The van der Waals surface area contributed by atoms with Crippen LogP contribution in [0.4, 0.5) is 0 Å². The third-order valence-corrected chi connectivity index (χ3v) is 5.01. The second-order valence-corrected chi connectivity index (χ2v) is 10.1. The van der Waals surface area contributed by atoms with Gasteiger partial charge in [-0.05, 0) is 54.3 Å². The van der Waals surface area contributed by atoms with Crippen LogP contribution in [0, 0.1) is 474 Å². The van der Waals surface area contributed by atoms with Gasteiger partial charge in [0.1, 0.15) is 0 Å². The normalized spacial score (nSPS) is 3.96. The molecule has 334 valence electrons. The van der Waals surface area contributed by atoms with E-state index in [-0.39, 0.29) is 0 Å². The fourth-order valence-corrected chi connectivity index (χ4v) is 2.47. The molecule has 0 aromatic carbocycles. The van der Waals surface area contributed by atoms with E-state index < -0.39 is 0 Å². The molecule has 0 aliphatic carbocycles. The first-order valence-electron chi connectivity index (χ1n) is 20.5. The summed E-state index contributed by atoms with van der Waals surface area (Å²) >= 11 is 0. The number of hydrogen-bond donors (Lipinski definition) is 1. The van der Waals surface area contributed by atoms with Crippen molar-refractivity contribution in [3.05, 3.63) is 0 Å². The van der Waals surface area contributed by atoms with Crippen molar-refractivity contribution in [2.45, 2.75) is 6.92 Å². The van der Waals surface area contributed by atoms with Crippen LogP contribution in [0.5, 0.6) is 0 Å². The monoisotopic (exact) mass is 991 g/mol. The summed E-state index contributed by atoms with van der Waals surface area (Å²) in [5.74, 6) is 197. The van der Waals surface area contributed by atoms with Gasteiger partial charge in [-0.1, -0.05) is 5.92 Å². The first kappa shape index (κ1) is 64.2. The van der Waals surface area contributed by atoms with Crippen LogP contribution in [-0.4, -0.2) is 0 Å². The maximum Gasteiger partial charge on any atom is 0.0160 e. The molecular formula is C81H5N. The van der Waals surface area contributed by atoms with E-state index in [4.69, 9.17) is 5.73 Å². The van der Waals surface area contributed by atoms with Crippen molar-refractivity contribution in [2.24, 2.45) is 5.73 Å². The molecule has 2 N–H and O–H groups in total. The van der Waals surface area contributed by atoms with E-state index in [1.807, 2.05) is 0 Å². The van der Waals surface area contributed by atoms with Crippen LogP contribution < -0.4 is 5.73 Å². The summed E-state index contributed by atoms with van der Waals surface area (Å²) in [7, 11) is 0. The Kier molecular flexibility index (Phi) is 49.5. The molecule has 0 spiro atoms. The van der Waals surface area contributed by atoms with Gasteiger partial charge in [0.25, 0.3) is 0 Å². The number of rotatable bonds is 0. The minimum absolute atomic E-state index is 1.68. The summed E-state index contributed by atoms with van der Waals surface area (Å²) in [6.45, 7) is 1.68. The summed E-state index contributed by atoms with van der Waals surface area (Å²) in [5, 5.41) is 0. The van der Waals surface area contributed by atoms with E-state index in [1.54, 1.807) is 6.92 Å². The molecule has 0 aromatic heterocycles. The Balaban J connectivity index is 4.62. The van der Waals surface area contributed by atoms with Gasteiger partial charge < -0.3 is 5.73 Å². The zero-order chi connectivity index (χ0) is 58.6. The average Bonchev–Trinajstić information content (AvgIpc) is 3.48. The topological polar surface area (TPSA) is 26.0 Å². The largest absolute Gasteiger partial charge is 0.359 e. The minimum Gasteiger partial charge on any atom is -0.359 e. The molecule has 0 aliphatic rings. The predicted octanol–water partition coefficient (Wildman–Crippen LogP) is 0.0585. The molecule has 0 fully saturated rings. The molecular weight excluding hydrogens is 987 g/mol. The molecule has 0 unspecified atom stereocenters. The first-order valence-corrected chi connectivity index (χ1v) is 20.5. The van der Waals surface area contributed by atoms with Crippen LogP contribution >= 0.6 is 0 Å². The van der Waals surface area contributed by atoms with Crippen LogP contribution in [0.15, 0.2) is 0 Å². The first-order chi connectivity index (χ1) is 40.9. The molecule has 0 bridgehead atoms. The van der Waals surface area contributed by atoms with Crippen molar-refractivity contribution >= 4 is 0 Å². The van der Waals surface area contributed by atoms with E-state index in [0.29, 0.717) is 0 Å². The Morgan fingerprint density at radius 1 is 0.0976 bits per heavy atom. The maximum absolute atomic E-state index is 4.95. The van der Waals surface area contributed by atoms with E-state index in [1.165, 1.54) is 0 Å². The Labute approximate surface area is 483 Å². The Bertz CT molecular complexity index is 5190. The van der Waals surface area contributed by atoms with Gasteiger partial charge in [0.2, 0.25) is 0 Å². The molecule has 0 saturated heterocycles. The highest BCUT2D eigenvalue weighted by Crippen LogP contribution is 1.65. The molecule has 1 heteroatoms. The third kappa shape index (κ3) is 62.2. The van der Waals surface area contributed by atoms with Gasteiger partial charge in [0.15, 0.2) is 0 Å². The van der Waals surface area contributed by atoms with E-state index in [9.17, 15) is 0 Å². The summed E-state index contributed by atoms with van der Waals surface area (Å²) in [5.41, 5.74) is 4.95. The zero-order valence-corrected chi connectivity index (χ0v) is 41.6. The second kappa shape index (κ2) is 63.2. The Hall–Kier alpha value is -17.8. The molecule has 0 heterocycles. The van der Waals surface area contributed by atoms with Crippen molar-refractivity contribution in [1.29, 1.82) is 0 Å². The van der Waals surface area contributed by atoms with Crippen LogP contribution in [0.2, 0.25) is 0 Å². The quantitative estimate of drug-likeness (QED) is 0.270. The van der Waals surface area contributed by atoms with Gasteiger partial charge in [0, 0.05) is 420 Å². The van der Waals surface area contributed by atoms with Gasteiger partial charge in [0.05, 0.1) is 0 Å². The predicted molar refractivity (Wildman–Crippen MR) is 321 cm³/mol. The van der Waals surface area contributed by atoms with Crippen LogP contribution in [0.25, 0.3) is 0 Å². The van der Waals surface area contributed by atoms with E-state index in [2.05, 4.69) is 474 Å². The van der Waals surface area contributed by atoms with Crippen molar-refractivity contribution in [3.63, 3.8) is 0 Å². The lowest BCUT2D eigenvalue weighted by molar-refractivity contribution is 1.75. The number of hydrogen-bond acceptors (Lipinski definition) is 1. The molecule has 82 heavy (non-hydrogen) atoms. The van der Waals surface area contributed by atoms with Gasteiger partial charge >= 0.3 is 0 Å². The molecule has 0 atom stereocenters. The maximum atomic E-state index is 4.95. The molecule has 0 aliphatic heterocycles. The van der Waals surface area contributed by atoms with Crippen molar-refractivity contribution in [1.82, 2.24) is 0 Å². The van der Waals surface area contributed by atoms with E-state index in [0.717, 1.165) is 0 Å². The molecule has 0 saturated carbocycles. The van der Waals surface area contributed by atoms with E-state index >= 15 is 0 Å². The Morgan fingerprint density at radius 3 is 0.220 bits per heavy atom. The van der Waals surface area contributed by atoms with Crippen LogP contribution in [0.1, 0.15) is 6.92 Å². The van der Waals surface area contributed by atoms with Gasteiger partial charge in [-0.25, -0.2) is 0 Å². The highest BCUT2D eigenvalue weighted by Gasteiger charge is 1.65. The minimum atomic E-state index is 1.68. The molecule has 0 amide bonds. The summed E-state index contributed by atoms with van der Waals surface area (Å²) < 4.78 is 0. The highest BCUT2D eigenvalue weighted by atomic mass is 14.4. The molecule has 0 rings (SSSR count). The molecule has 0 aromatic rings. The van der Waals surface area contributed by atoms with Crippen molar-refractivity contribution in [2.75, 3.05) is 0 Å². The van der Waals surface area contributed by atoms with Crippen LogP contribution in [-0.2, 0) is 0 Å². The van der Waals surface area contributed by atoms with Gasteiger partial charge in [-0.3, -0.25) is 0 Å². The fraction of sp³-hybridized carbons (Fsp3) is 0.0123. The zero-order valence-electron chi connectivity index (χ0n) is 41.6. The number of nitrogens with two attached hydrogens (primary N) is 1. The fourth-order valence-electron chi connectivity index (χ4n) is 2.47. The third-order valence-electron chi connectivity index (χ3n) is 5.01. The van der Waals surface area contributed by atoms with Gasteiger partial charge in [-0.2, -0.15) is 0 Å². The molecule has 0 radical (unpaired) electrons. The SMILES string of the molecule is CC#CC#CC#CC#CC#CC#CC#CC#CC#CC#CC#CC#CC#CC#CC#CC#CC#CC#CC#CC#CC#CC#CC#CC#CC#CC#CC#CC#CC#CC#CC#CC#CC#CC#CC#CC#CC#CC#CC#CC#CN. The standard InChI is InChI=1S/C81H5N/c1-2-3-4-5-6-7-8-9-10-11-12-13-14-15-16-17-18-19-20-21-22-23-24-25-26-27-28-29-30-31-32-33-34-35-36-37-38-39-40-41-42-43-44-45-46-47-48-49-50-51-52-53-54-55-56-57-58-59-60-61-62-63-64-65-66-67-68-69-70-71-72-73-74-75-76-77-78-79-80-81-82/h82H2,1H3. The summed E-state index contributed by atoms with van der Waals surface area (Å²) in [6, 6.07) is 2.13.